The Morgan fingerprint density at radius 1 is 0.364 bits per heavy atom. The number of nitrogens with zero attached hydrogens (tertiary/aromatic N) is 2. The molecule has 0 aliphatic carbocycles. The monoisotopic (exact) mass is 612 g/mol. The third-order valence-corrected chi connectivity index (χ3v) is 7.16. The minimum Gasteiger partial charge on any atom is -0.457 e. The Labute approximate surface area is 266 Å². The van der Waals surface area contributed by atoms with Gasteiger partial charge in [-0.2, -0.15) is 0 Å². The molecule has 0 spiro atoms. The molecule has 0 aliphatic heterocycles. The summed E-state index contributed by atoms with van der Waals surface area (Å²) in [6.07, 6.45) is 3.62. The van der Waals surface area contributed by atoms with Gasteiger partial charge < -0.3 is 9.47 Å². The van der Waals surface area contributed by atoms with Crippen molar-refractivity contribution < 1.29 is 9.47 Å². The molecule has 0 heterocycles. The standard InChI is InChI=1S/C38H26Cl2N2O2/c39-31-9-1-27(2-10-31)25-41-33-13-21-37(22-14-33)43-35-17-5-29(6-18-35)30-7-19-36(20-8-30)44-38-23-15-34(16-24-38)42-26-28-3-11-32(40)12-4-28/h1-26H. The largest absolute Gasteiger partial charge is 0.457 e. The Balaban J connectivity index is 1.02. The van der Waals surface area contributed by atoms with Crippen molar-refractivity contribution in [1.82, 2.24) is 0 Å². The van der Waals surface area contributed by atoms with E-state index in [1.807, 2.05) is 158 Å². The van der Waals surface area contributed by atoms with Crippen LogP contribution in [0.1, 0.15) is 11.1 Å². The van der Waals surface area contributed by atoms with Crippen LogP contribution in [0.5, 0.6) is 23.0 Å². The first-order chi connectivity index (χ1) is 21.6. The van der Waals surface area contributed by atoms with Crippen LogP contribution in [0.2, 0.25) is 10.0 Å². The van der Waals surface area contributed by atoms with E-state index in [4.69, 9.17) is 32.7 Å². The molecule has 44 heavy (non-hydrogen) atoms. The minimum absolute atomic E-state index is 0.705. The fraction of sp³-hybridized carbons (Fsp3) is 0. The summed E-state index contributed by atoms with van der Waals surface area (Å²) in [6, 6.07) is 46.4. The van der Waals surface area contributed by atoms with Crippen molar-refractivity contribution in [2.24, 2.45) is 9.98 Å². The molecule has 0 saturated carbocycles. The lowest BCUT2D eigenvalue weighted by molar-refractivity contribution is 0.482. The number of aliphatic imine (C=N–C) groups is 2. The highest BCUT2D eigenvalue weighted by molar-refractivity contribution is 6.30. The van der Waals surface area contributed by atoms with Crippen LogP contribution >= 0.6 is 23.2 Å². The maximum Gasteiger partial charge on any atom is 0.127 e. The molecular formula is C38H26Cl2N2O2. The van der Waals surface area contributed by atoms with Crippen molar-refractivity contribution in [3.8, 4) is 34.1 Å². The number of hydrogen-bond acceptors (Lipinski definition) is 4. The first-order valence-electron chi connectivity index (χ1n) is 13.9. The van der Waals surface area contributed by atoms with Crippen molar-refractivity contribution in [2.45, 2.75) is 0 Å². The van der Waals surface area contributed by atoms with Gasteiger partial charge in [0.1, 0.15) is 23.0 Å². The number of rotatable bonds is 9. The van der Waals surface area contributed by atoms with E-state index in [0.29, 0.717) is 10.0 Å². The maximum absolute atomic E-state index is 6.04. The Bertz CT molecular complexity index is 1720. The summed E-state index contributed by atoms with van der Waals surface area (Å²) in [5.74, 6) is 3.00. The summed E-state index contributed by atoms with van der Waals surface area (Å²) in [5, 5.41) is 1.41. The Morgan fingerprint density at radius 2 is 0.659 bits per heavy atom. The highest BCUT2D eigenvalue weighted by Gasteiger charge is 2.03. The smallest absolute Gasteiger partial charge is 0.127 e. The van der Waals surface area contributed by atoms with Crippen LogP contribution in [-0.4, -0.2) is 12.4 Å². The van der Waals surface area contributed by atoms with E-state index in [-0.39, 0.29) is 0 Å². The minimum atomic E-state index is 0.705. The lowest BCUT2D eigenvalue weighted by Gasteiger charge is -2.09. The van der Waals surface area contributed by atoms with Gasteiger partial charge >= 0.3 is 0 Å². The van der Waals surface area contributed by atoms with Crippen molar-refractivity contribution >= 4 is 47.0 Å². The third-order valence-electron chi connectivity index (χ3n) is 6.65. The second-order valence-electron chi connectivity index (χ2n) is 9.86. The molecule has 6 rings (SSSR count). The lowest BCUT2D eigenvalue weighted by atomic mass is 10.1. The van der Waals surface area contributed by atoms with Crippen LogP contribution in [0.25, 0.3) is 11.1 Å². The van der Waals surface area contributed by atoms with Crippen molar-refractivity contribution in [3.05, 3.63) is 167 Å². The van der Waals surface area contributed by atoms with E-state index in [2.05, 4.69) is 9.98 Å². The molecule has 0 amide bonds. The van der Waals surface area contributed by atoms with Gasteiger partial charge in [-0.3, -0.25) is 9.98 Å². The molecule has 6 aromatic carbocycles. The zero-order valence-corrected chi connectivity index (χ0v) is 25.0. The summed E-state index contributed by atoms with van der Waals surface area (Å²) in [4.78, 5) is 9.02. The van der Waals surface area contributed by atoms with Gasteiger partial charge in [-0.05, 0) is 119 Å². The molecule has 0 saturated heterocycles. The molecule has 6 heteroatoms. The van der Waals surface area contributed by atoms with Gasteiger partial charge in [0.15, 0.2) is 0 Å². The molecule has 0 atom stereocenters. The van der Waals surface area contributed by atoms with Crippen molar-refractivity contribution in [2.75, 3.05) is 0 Å². The van der Waals surface area contributed by atoms with Gasteiger partial charge in [-0.1, -0.05) is 71.7 Å². The first-order valence-corrected chi connectivity index (χ1v) is 14.7. The summed E-state index contributed by atoms with van der Waals surface area (Å²) in [6.45, 7) is 0. The van der Waals surface area contributed by atoms with Gasteiger partial charge in [0.2, 0.25) is 0 Å². The molecule has 4 nitrogen and oxygen atoms in total. The summed E-state index contributed by atoms with van der Waals surface area (Å²) in [7, 11) is 0. The third kappa shape index (κ3) is 8.01. The molecular weight excluding hydrogens is 587 g/mol. The van der Waals surface area contributed by atoms with Crippen LogP contribution in [-0.2, 0) is 0 Å². The first kappa shape index (κ1) is 28.9. The number of ether oxygens (including phenoxy) is 2. The quantitative estimate of drug-likeness (QED) is 0.152. The lowest BCUT2D eigenvalue weighted by Crippen LogP contribution is -1.86. The zero-order valence-electron chi connectivity index (χ0n) is 23.5. The predicted octanol–water partition coefficient (Wildman–Crippen LogP) is 11.7. The second kappa shape index (κ2) is 13.9. The molecule has 6 aromatic rings. The molecule has 214 valence electrons. The van der Waals surface area contributed by atoms with Gasteiger partial charge in [0.25, 0.3) is 0 Å². The number of halogens is 2. The highest BCUT2D eigenvalue weighted by atomic mass is 35.5. The van der Waals surface area contributed by atoms with Crippen molar-refractivity contribution in [3.63, 3.8) is 0 Å². The second-order valence-corrected chi connectivity index (χ2v) is 10.7. The van der Waals surface area contributed by atoms with E-state index in [0.717, 1.165) is 56.6 Å². The molecule has 0 fully saturated rings. The van der Waals surface area contributed by atoms with E-state index in [1.165, 1.54) is 0 Å². The summed E-state index contributed by atoms with van der Waals surface area (Å²) < 4.78 is 12.1. The van der Waals surface area contributed by atoms with E-state index >= 15 is 0 Å². The molecule has 0 aromatic heterocycles. The van der Waals surface area contributed by atoms with Crippen molar-refractivity contribution in [1.29, 1.82) is 0 Å². The Kier molecular flexibility index (Phi) is 9.12. The van der Waals surface area contributed by atoms with Gasteiger partial charge in [-0.15, -0.1) is 0 Å². The van der Waals surface area contributed by atoms with Crippen LogP contribution in [0.15, 0.2) is 156 Å². The van der Waals surface area contributed by atoms with Gasteiger partial charge in [0.05, 0.1) is 11.4 Å². The van der Waals surface area contributed by atoms with Gasteiger partial charge in [0, 0.05) is 22.5 Å². The zero-order chi connectivity index (χ0) is 30.1. The van der Waals surface area contributed by atoms with Gasteiger partial charge in [-0.25, -0.2) is 0 Å². The molecule has 0 bridgehead atoms. The van der Waals surface area contributed by atoms with E-state index < -0.39 is 0 Å². The molecule has 0 aliphatic rings. The van der Waals surface area contributed by atoms with Crippen LogP contribution < -0.4 is 9.47 Å². The fourth-order valence-electron chi connectivity index (χ4n) is 4.30. The molecule has 0 radical (unpaired) electrons. The van der Waals surface area contributed by atoms with Crippen LogP contribution in [0.3, 0.4) is 0 Å². The summed E-state index contributed by atoms with van der Waals surface area (Å²) in [5.41, 5.74) is 5.81. The average molecular weight is 614 g/mol. The maximum atomic E-state index is 6.04. The van der Waals surface area contributed by atoms with E-state index in [9.17, 15) is 0 Å². The van der Waals surface area contributed by atoms with E-state index in [1.54, 1.807) is 0 Å². The SMILES string of the molecule is Clc1ccc(C=Nc2ccc(Oc3ccc(-c4ccc(Oc5ccc(N=Cc6ccc(Cl)cc6)cc5)cc4)cc3)cc2)cc1. The average Bonchev–Trinajstić information content (AvgIpc) is 3.06. The number of hydrogen-bond donors (Lipinski definition) is 0. The fourth-order valence-corrected chi connectivity index (χ4v) is 4.55. The topological polar surface area (TPSA) is 43.2 Å². The highest BCUT2D eigenvalue weighted by Crippen LogP contribution is 2.30. The predicted molar refractivity (Wildman–Crippen MR) is 182 cm³/mol. The molecule has 0 unspecified atom stereocenters. The Morgan fingerprint density at radius 3 is 0.977 bits per heavy atom. The van der Waals surface area contributed by atoms with Crippen LogP contribution in [0, 0.1) is 0 Å². The Hall–Kier alpha value is -5.16. The number of benzene rings is 6. The van der Waals surface area contributed by atoms with Crippen LogP contribution in [0.4, 0.5) is 11.4 Å². The summed E-state index contributed by atoms with van der Waals surface area (Å²) >= 11 is 11.9. The molecule has 0 N–H and O–H groups in total. The normalized spacial score (nSPS) is 11.2.